The highest BCUT2D eigenvalue weighted by molar-refractivity contribution is 5.88. The Bertz CT molecular complexity index is 1440. The van der Waals surface area contributed by atoms with Crippen LogP contribution < -0.4 is 10.3 Å². The van der Waals surface area contributed by atoms with Crippen LogP contribution in [0.15, 0.2) is 71.7 Å². The van der Waals surface area contributed by atoms with Gasteiger partial charge in [-0.05, 0) is 36.6 Å². The Kier molecular flexibility index (Phi) is 5.01. The van der Waals surface area contributed by atoms with Gasteiger partial charge in [0.25, 0.3) is 5.56 Å². The van der Waals surface area contributed by atoms with E-state index in [4.69, 9.17) is 4.74 Å². The van der Waals surface area contributed by atoms with Crippen molar-refractivity contribution < 1.29 is 9.53 Å². The molecule has 2 bridgehead atoms. The number of aromatic amines is 1. The quantitative estimate of drug-likeness (QED) is 0.469. The number of rotatable bonds is 4. The molecule has 6 nitrogen and oxygen atoms in total. The van der Waals surface area contributed by atoms with Crippen molar-refractivity contribution in [3.05, 3.63) is 94.0 Å². The zero-order valence-electron chi connectivity index (χ0n) is 19.2. The maximum absolute atomic E-state index is 12.9. The molecule has 4 heterocycles. The lowest BCUT2D eigenvalue weighted by Crippen LogP contribution is -2.38. The second-order valence-electron chi connectivity index (χ2n) is 9.34. The summed E-state index contributed by atoms with van der Waals surface area (Å²) in [6.45, 7) is 2.88. The zero-order chi connectivity index (χ0) is 23.2. The average molecular weight is 454 g/mol. The predicted molar refractivity (Wildman–Crippen MR) is 131 cm³/mol. The summed E-state index contributed by atoms with van der Waals surface area (Å²) < 4.78 is 7.45. The number of benzene rings is 2. The fourth-order valence-corrected chi connectivity index (χ4v) is 5.62. The number of carbonyl (C=O) groups is 1. The number of pyridine rings is 1. The number of ether oxygens (including phenoxy) is 1. The summed E-state index contributed by atoms with van der Waals surface area (Å²) in [5.74, 6) is 1.05. The Labute approximate surface area is 197 Å². The summed E-state index contributed by atoms with van der Waals surface area (Å²) in [5, 5.41) is 1.15. The smallest absolute Gasteiger partial charge is 0.258 e. The largest absolute Gasteiger partial charge is 0.489 e. The van der Waals surface area contributed by atoms with Gasteiger partial charge in [0.05, 0.1) is 11.7 Å². The molecular weight excluding hydrogens is 426 g/mol. The lowest BCUT2D eigenvalue weighted by Gasteiger charge is -2.36. The van der Waals surface area contributed by atoms with Crippen LogP contribution in [0.2, 0.25) is 0 Å². The van der Waals surface area contributed by atoms with E-state index in [2.05, 4.69) is 11.1 Å². The van der Waals surface area contributed by atoms with E-state index in [1.807, 2.05) is 53.4 Å². The van der Waals surface area contributed by atoms with Gasteiger partial charge in [0.2, 0.25) is 5.91 Å². The monoisotopic (exact) mass is 453 g/mol. The Morgan fingerprint density at radius 2 is 1.94 bits per heavy atom. The van der Waals surface area contributed by atoms with Gasteiger partial charge in [-0.3, -0.25) is 14.2 Å². The van der Waals surface area contributed by atoms with E-state index >= 15 is 0 Å². The molecule has 1 saturated heterocycles. The van der Waals surface area contributed by atoms with Gasteiger partial charge in [-0.15, -0.1) is 0 Å². The van der Waals surface area contributed by atoms with Gasteiger partial charge < -0.3 is 14.6 Å². The molecule has 34 heavy (non-hydrogen) atoms. The molecule has 172 valence electrons. The maximum Gasteiger partial charge on any atom is 0.258 e. The number of carbonyl (C=O) groups excluding carboxylic acids is 1. The van der Waals surface area contributed by atoms with Crippen LogP contribution in [0.4, 0.5) is 0 Å². The van der Waals surface area contributed by atoms with Crippen LogP contribution in [-0.4, -0.2) is 26.9 Å². The fourth-order valence-electron chi connectivity index (χ4n) is 5.62. The maximum atomic E-state index is 12.9. The first-order valence-electron chi connectivity index (χ1n) is 11.9. The lowest BCUT2D eigenvalue weighted by atomic mass is 9.91. The molecule has 2 atom stereocenters. The van der Waals surface area contributed by atoms with Crippen molar-refractivity contribution in [1.82, 2.24) is 14.5 Å². The van der Waals surface area contributed by atoms with Gasteiger partial charge in [0.15, 0.2) is 0 Å². The zero-order valence-corrected chi connectivity index (χ0v) is 19.2. The Morgan fingerprint density at radius 1 is 1.09 bits per heavy atom. The highest BCUT2D eigenvalue weighted by atomic mass is 16.5. The number of nitrogens with one attached hydrogen (secondary N) is 1. The topological polar surface area (TPSA) is 67.3 Å². The van der Waals surface area contributed by atoms with Gasteiger partial charge >= 0.3 is 0 Å². The molecule has 2 unspecified atom stereocenters. The standard InChI is InChI=1S/C28H27N3O3/c1-18(32)31-16-20-8-5-9-25(31)27-23-11-10-21(14-24(23)29-28(20)27)30-13-12-22(15-26(30)33)34-17-19-6-3-2-4-7-19/h2-4,6-7,10-15,20,25,29H,5,8-9,16-17H2,1H3. The van der Waals surface area contributed by atoms with Gasteiger partial charge in [-0.2, -0.15) is 0 Å². The van der Waals surface area contributed by atoms with E-state index in [9.17, 15) is 9.59 Å². The number of H-pyrrole nitrogens is 1. The van der Waals surface area contributed by atoms with Crippen molar-refractivity contribution in [2.45, 2.75) is 44.8 Å². The molecule has 0 saturated carbocycles. The molecule has 2 aromatic carbocycles. The molecule has 1 amide bonds. The highest BCUT2D eigenvalue weighted by Gasteiger charge is 2.39. The van der Waals surface area contributed by atoms with Crippen molar-refractivity contribution in [3.63, 3.8) is 0 Å². The lowest BCUT2D eigenvalue weighted by molar-refractivity contribution is -0.131. The Balaban J connectivity index is 1.32. The molecule has 0 spiro atoms. The van der Waals surface area contributed by atoms with Gasteiger partial charge in [-0.25, -0.2) is 0 Å². The molecule has 1 aliphatic carbocycles. The van der Waals surface area contributed by atoms with Crippen LogP contribution >= 0.6 is 0 Å². The van der Waals surface area contributed by atoms with Crippen LogP contribution in [0.5, 0.6) is 5.75 Å². The summed E-state index contributed by atoms with van der Waals surface area (Å²) in [6.07, 6.45) is 4.99. The third-order valence-electron chi connectivity index (χ3n) is 7.24. The van der Waals surface area contributed by atoms with Gasteiger partial charge in [0.1, 0.15) is 12.4 Å². The van der Waals surface area contributed by atoms with E-state index in [1.165, 1.54) is 17.3 Å². The number of fused-ring (bicyclic) bond motifs is 4. The summed E-state index contributed by atoms with van der Waals surface area (Å²) in [6, 6.07) is 19.5. The van der Waals surface area contributed by atoms with Crippen LogP contribution in [0, 0.1) is 0 Å². The first-order chi connectivity index (χ1) is 16.6. The normalized spacial score (nSPS) is 19.1. The molecule has 0 radical (unpaired) electrons. The third-order valence-corrected chi connectivity index (χ3v) is 7.24. The average Bonchev–Trinajstić information content (AvgIpc) is 2.98. The Morgan fingerprint density at radius 3 is 2.74 bits per heavy atom. The minimum atomic E-state index is -0.138. The molecule has 1 N–H and O–H groups in total. The molecule has 2 aliphatic heterocycles. The minimum absolute atomic E-state index is 0.134. The number of hydrogen-bond donors (Lipinski definition) is 1. The third kappa shape index (κ3) is 3.50. The SMILES string of the molecule is CC(=O)N1CC2CCCC1c1c2[nH]c2cc(-n3ccc(OCc4ccccc4)cc3=O)ccc12. The van der Waals surface area contributed by atoms with E-state index in [0.717, 1.165) is 48.0 Å². The van der Waals surface area contributed by atoms with E-state index in [0.29, 0.717) is 18.3 Å². The molecular formula is C28H27N3O3. The van der Waals surface area contributed by atoms with Crippen LogP contribution in [0.1, 0.15) is 55.0 Å². The van der Waals surface area contributed by atoms with Crippen LogP contribution in [0.25, 0.3) is 16.6 Å². The predicted octanol–water partition coefficient (Wildman–Crippen LogP) is 5.07. The first-order valence-corrected chi connectivity index (χ1v) is 11.9. The minimum Gasteiger partial charge on any atom is -0.489 e. The number of amides is 1. The van der Waals surface area contributed by atoms with Crippen molar-refractivity contribution in [3.8, 4) is 11.4 Å². The van der Waals surface area contributed by atoms with Crippen molar-refractivity contribution in [2.24, 2.45) is 0 Å². The molecule has 7 rings (SSSR count). The summed E-state index contributed by atoms with van der Waals surface area (Å²) in [5.41, 5.74) is 5.27. The molecule has 1 fully saturated rings. The highest BCUT2D eigenvalue weighted by Crippen LogP contribution is 2.47. The van der Waals surface area contributed by atoms with Crippen molar-refractivity contribution >= 4 is 16.8 Å². The number of aromatic nitrogens is 2. The van der Waals surface area contributed by atoms with Gasteiger partial charge in [-0.1, -0.05) is 42.8 Å². The van der Waals surface area contributed by atoms with Crippen molar-refractivity contribution in [2.75, 3.05) is 6.54 Å². The van der Waals surface area contributed by atoms with Gasteiger partial charge in [0, 0.05) is 53.8 Å². The second-order valence-corrected chi connectivity index (χ2v) is 9.34. The van der Waals surface area contributed by atoms with Crippen LogP contribution in [-0.2, 0) is 11.4 Å². The summed E-state index contributed by atoms with van der Waals surface area (Å²) >= 11 is 0. The van der Waals surface area contributed by atoms with E-state index < -0.39 is 0 Å². The molecule has 4 aromatic rings. The van der Waals surface area contributed by atoms with Crippen LogP contribution in [0.3, 0.4) is 0 Å². The Hall–Kier alpha value is -3.80. The molecule has 2 aromatic heterocycles. The number of hydrogen-bond acceptors (Lipinski definition) is 3. The van der Waals surface area contributed by atoms with Crippen molar-refractivity contribution in [1.29, 1.82) is 0 Å². The fraction of sp³-hybridized carbons (Fsp3) is 0.286. The van der Waals surface area contributed by atoms with E-state index in [1.54, 1.807) is 17.7 Å². The first kappa shape index (κ1) is 20.8. The summed E-state index contributed by atoms with van der Waals surface area (Å²) in [7, 11) is 0. The van der Waals surface area contributed by atoms with E-state index in [-0.39, 0.29) is 17.5 Å². The second kappa shape index (κ2) is 8.20. The molecule has 6 heteroatoms. The molecule has 3 aliphatic rings. The summed E-state index contributed by atoms with van der Waals surface area (Å²) in [4.78, 5) is 30.9. The number of nitrogens with zero attached hydrogens (tertiary/aromatic N) is 2.